The highest BCUT2D eigenvalue weighted by molar-refractivity contribution is 5.99. The summed E-state index contributed by atoms with van der Waals surface area (Å²) in [7, 11) is 2.14. The maximum Gasteiger partial charge on any atom is 0.0467 e. The zero-order chi connectivity index (χ0) is 35.6. The lowest BCUT2D eigenvalue weighted by molar-refractivity contribution is 1.04. The Balaban J connectivity index is 1.02. The van der Waals surface area contributed by atoms with E-state index in [0.29, 0.717) is 0 Å². The van der Waals surface area contributed by atoms with Crippen molar-refractivity contribution in [3.8, 4) is 22.3 Å². The molecule has 0 aromatic heterocycles. The van der Waals surface area contributed by atoms with Gasteiger partial charge >= 0.3 is 0 Å². The van der Waals surface area contributed by atoms with E-state index in [1.165, 1.54) is 60.6 Å². The Morgan fingerprint density at radius 2 is 0.906 bits per heavy atom. The van der Waals surface area contributed by atoms with E-state index in [9.17, 15) is 0 Å². The minimum Gasteiger partial charge on any atom is -0.345 e. The molecule has 0 spiro atoms. The fourth-order valence-corrected chi connectivity index (χ4v) is 7.52. The predicted octanol–water partition coefficient (Wildman–Crippen LogP) is 14.3. The van der Waals surface area contributed by atoms with Gasteiger partial charge < -0.3 is 9.80 Å². The molecule has 0 saturated carbocycles. The van der Waals surface area contributed by atoms with Gasteiger partial charge in [-0.15, -0.1) is 0 Å². The van der Waals surface area contributed by atoms with Gasteiger partial charge in [-0.3, -0.25) is 0 Å². The summed E-state index contributed by atoms with van der Waals surface area (Å²) < 4.78 is 0. The van der Waals surface area contributed by atoms with E-state index in [0.717, 1.165) is 35.6 Å². The van der Waals surface area contributed by atoms with Crippen molar-refractivity contribution >= 4 is 55.6 Å². The minimum absolute atomic E-state index is 1.08. The van der Waals surface area contributed by atoms with Crippen LogP contribution in [0.1, 0.15) is 18.4 Å². The third kappa shape index (κ3) is 6.64. The van der Waals surface area contributed by atoms with Crippen molar-refractivity contribution < 1.29 is 0 Å². The highest BCUT2D eigenvalue weighted by Gasteiger charge is 2.16. The standard InChI is InChI=1S/C51H40N2/c1-52(49-31-26-45-32-41-16-8-9-17-42(41)33-46(45)36-49)47-27-22-39(23-28-47)40-24-29-48(30-25-40)53(50-20-10-18-43(34-50)37-12-4-2-5-13-37)51-21-11-19-44(35-51)38-14-6-3-7-15-38/h2,4-6,8-36H,3,7H2,1H3. The van der Waals surface area contributed by atoms with Gasteiger partial charge in [-0.05, 0) is 141 Å². The molecule has 0 bridgehead atoms. The normalized spacial score (nSPS) is 12.5. The van der Waals surface area contributed by atoms with Crippen LogP contribution in [0.2, 0.25) is 0 Å². The Morgan fingerprint density at radius 3 is 1.58 bits per heavy atom. The first kappa shape index (κ1) is 32.3. The van der Waals surface area contributed by atoms with Crippen LogP contribution in [0, 0.1) is 0 Å². The summed E-state index contributed by atoms with van der Waals surface area (Å²) in [6.07, 6.45) is 9.07. The molecular formula is C51H40N2. The second kappa shape index (κ2) is 14.2. The minimum atomic E-state index is 1.08. The van der Waals surface area contributed by atoms with Crippen molar-refractivity contribution in [1.82, 2.24) is 0 Å². The summed E-state index contributed by atoms with van der Waals surface area (Å²) >= 11 is 0. The monoisotopic (exact) mass is 680 g/mol. The second-order valence-corrected chi connectivity index (χ2v) is 13.8. The number of allylic oxidation sites excluding steroid dienone is 4. The Labute approximate surface area is 312 Å². The molecule has 0 aliphatic heterocycles. The quantitative estimate of drug-likeness (QED) is 0.147. The maximum absolute atomic E-state index is 2.37. The molecule has 0 heterocycles. The van der Waals surface area contributed by atoms with Gasteiger partial charge in [-0.2, -0.15) is 0 Å². The molecule has 0 amide bonds. The lowest BCUT2D eigenvalue weighted by Crippen LogP contribution is -2.10. The molecule has 0 saturated heterocycles. The first-order chi connectivity index (χ1) is 26.2. The lowest BCUT2D eigenvalue weighted by Gasteiger charge is -2.27. The van der Waals surface area contributed by atoms with Crippen LogP contribution in [0.15, 0.2) is 200 Å². The highest BCUT2D eigenvalue weighted by atomic mass is 15.1. The topological polar surface area (TPSA) is 6.48 Å². The van der Waals surface area contributed by atoms with Crippen LogP contribution in [-0.2, 0) is 0 Å². The molecule has 254 valence electrons. The van der Waals surface area contributed by atoms with Crippen molar-refractivity contribution in [2.24, 2.45) is 0 Å². The van der Waals surface area contributed by atoms with E-state index in [4.69, 9.17) is 0 Å². The van der Waals surface area contributed by atoms with Gasteiger partial charge in [0.25, 0.3) is 0 Å². The third-order valence-electron chi connectivity index (χ3n) is 10.4. The number of benzene rings is 8. The van der Waals surface area contributed by atoms with Crippen LogP contribution in [-0.4, -0.2) is 7.05 Å². The first-order valence-electron chi connectivity index (χ1n) is 18.5. The summed E-state index contributed by atoms with van der Waals surface area (Å²) in [5.74, 6) is 0. The molecule has 0 unspecified atom stereocenters. The van der Waals surface area contributed by atoms with E-state index >= 15 is 0 Å². The predicted molar refractivity (Wildman–Crippen MR) is 228 cm³/mol. The van der Waals surface area contributed by atoms with Gasteiger partial charge in [-0.1, -0.05) is 127 Å². The van der Waals surface area contributed by atoms with E-state index in [2.05, 4.69) is 217 Å². The summed E-state index contributed by atoms with van der Waals surface area (Å²) in [5, 5.41) is 5.05. The molecule has 1 aliphatic rings. The molecule has 8 aromatic rings. The van der Waals surface area contributed by atoms with Crippen LogP contribution in [0.25, 0.3) is 49.4 Å². The largest absolute Gasteiger partial charge is 0.345 e. The smallest absolute Gasteiger partial charge is 0.0467 e. The van der Waals surface area contributed by atoms with Crippen LogP contribution < -0.4 is 9.80 Å². The van der Waals surface area contributed by atoms with E-state index in [1.807, 2.05) is 0 Å². The molecule has 1 aliphatic carbocycles. The molecule has 2 heteroatoms. The van der Waals surface area contributed by atoms with Crippen LogP contribution >= 0.6 is 0 Å². The average Bonchev–Trinajstić information content (AvgIpc) is 3.24. The number of hydrogen-bond donors (Lipinski definition) is 0. The molecule has 2 nitrogen and oxygen atoms in total. The van der Waals surface area contributed by atoms with Crippen LogP contribution in [0.4, 0.5) is 28.4 Å². The molecule has 53 heavy (non-hydrogen) atoms. The maximum atomic E-state index is 2.37. The van der Waals surface area contributed by atoms with Gasteiger partial charge in [0, 0.05) is 35.5 Å². The van der Waals surface area contributed by atoms with E-state index in [-0.39, 0.29) is 0 Å². The first-order valence-corrected chi connectivity index (χ1v) is 18.5. The Bertz CT molecular complexity index is 2610. The van der Waals surface area contributed by atoms with E-state index in [1.54, 1.807) is 0 Å². The summed E-state index contributed by atoms with van der Waals surface area (Å²) in [6.45, 7) is 0. The average molecular weight is 681 g/mol. The molecular weight excluding hydrogens is 641 g/mol. The Morgan fingerprint density at radius 1 is 0.358 bits per heavy atom. The molecule has 9 rings (SSSR count). The highest BCUT2D eigenvalue weighted by Crippen LogP contribution is 2.39. The zero-order valence-corrected chi connectivity index (χ0v) is 29.9. The SMILES string of the molecule is CN(c1ccc(-c2ccc(N(c3cccc(C4=CCCC=C4)c3)c3cccc(-c4ccccc4)c3)cc2)cc1)c1ccc2cc3ccccc3cc2c1. The van der Waals surface area contributed by atoms with E-state index < -0.39 is 0 Å². The van der Waals surface area contributed by atoms with Gasteiger partial charge in [-0.25, -0.2) is 0 Å². The molecule has 0 radical (unpaired) electrons. The second-order valence-electron chi connectivity index (χ2n) is 13.8. The Kier molecular flexibility index (Phi) is 8.63. The molecule has 8 aromatic carbocycles. The number of hydrogen-bond acceptors (Lipinski definition) is 2. The van der Waals surface area contributed by atoms with Gasteiger partial charge in [0.15, 0.2) is 0 Å². The molecule has 0 atom stereocenters. The van der Waals surface area contributed by atoms with Crippen molar-refractivity contribution in [2.75, 3.05) is 16.8 Å². The summed E-state index contributed by atoms with van der Waals surface area (Å²) in [4.78, 5) is 4.63. The number of fused-ring (bicyclic) bond motifs is 2. The van der Waals surface area contributed by atoms with Gasteiger partial charge in [0.1, 0.15) is 0 Å². The van der Waals surface area contributed by atoms with Crippen molar-refractivity contribution in [1.29, 1.82) is 0 Å². The van der Waals surface area contributed by atoms with Crippen LogP contribution in [0.3, 0.4) is 0 Å². The van der Waals surface area contributed by atoms with Gasteiger partial charge in [0.2, 0.25) is 0 Å². The summed E-state index contributed by atoms with van der Waals surface area (Å²) in [5.41, 5.74) is 13.0. The van der Waals surface area contributed by atoms with Crippen molar-refractivity contribution in [2.45, 2.75) is 12.8 Å². The summed E-state index contributed by atoms with van der Waals surface area (Å²) in [6, 6.07) is 66.1. The zero-order valence-electron chi connectivity index (χ0n) is 29.9. The lowest BCUT2D eigenvalue weighted by atomic mass is 9.98. The van der Waals surface area contributed by atoms with Crippen LogP contribution in [0.5, 0.6) is 0 Å². The fraction of sp³-hybridized carbons (Fsp3) is 0.0588. The van der Waals surface area contributed by atoms with Crippen molar-refractivity contribution in [3.05, 3.63) is 206 Å². The van der Waals surface area contributed by atoms with Crippen molar-refractivity contribution in [3.63, 3.8) is 0 Å². The van der Waals surface area contributed by atoms with Gasteiger partial charge in [0.05, 0.1) is 0 Å². The third-order valence-corrected chi connectivity index (χ3v) is 10.4. The number of nitrogens with zero attached hydrogens (tertiary/aromatic N) is 2. The molecule has 0 fully saturated rings. The number of rotatable bonds is 8. The number of anilines is 5. The molecule has 0 N–H and O–H groups in total. The fourth-order valence-electron chi connectivity index (χ4n) is 7.52. The Hall–Kier alpha value is -6.64.